The Morgan fingerprint density at radius 3 is 2.30 bits per heavy atom. The molecule has 2 heteroatoms. The SMILES string of the molecule is CCCC(CCI)C(C)O. The van der Waals surface area contributed by atoms with Crippen molar-refractivity contribution in [3.05, 3.63) is 0 Å². The normalized spacial score (nSPS) is 16.8. The van der Waals surface area contributed by atoms with Crippen molar-refractivity contribution in [3.8, 4) is 0 Å². The smallest absolute Gasteiger partial charge is 0.0540 e. The van der Waals surface area contributed by atoms with Gasteiger partial charge in [0.05, 0.1) is 6.10 Å². The average molecular weight is 256 g/mol. The zero-order valence-corrected chi connectivity index (χ0v) is 8.97. The van der Waals surface area contributed by atoms with E-state index in [1.54, 1.807) is 0 Å². The Balaban J connectivity index is 3.50. The van der Waals surface area contributed by atoms with Crippen molar-refractivity contribution in [3.63, 3.8) is 0 Å². The van der Waals surface area contributed by atoms with Crippen LogP contribution in [0.4, 0.5) is 0 Å². The highest BCUT2D eigenvalue weighted by Crippen LogP contribution is 2.16. The van der Waals surface area contributed by atoms with Gasteiger partial charge >= 0.3 is 0 Å². The first-order chi connectivity index (χ1) is 4.72. The molecule has 0 saturated heterocycles. The van der Waals surface area contributed by atoms with E-state index in [-0.39, 0.29) is 6.10 Å². The first-order valence-electron chi connectivity index (χ1n) is 3.96. The molecule has 62 valence electrons. The first kappa shape index (κ1) is 10.7. The van der Waals surface area contributed by atoms with Crippen LogP contribution in [0, 0.1) is 5.92 Å². The Hall–Kier alpha value is 0.690. The molecule has 0 aromatic heterocycles. The van der Waals surface area contributed by atoms with E-state index in [0.717, 1.165) is 10.8 Å². The molecule has 2 unspecified atom stereocenters. The van der Waals surface area contributed by atoms with Gasteiger partial charge in [0.2, 0.25) is 0 Å². The summed E-state index contributed by atoms with van der Waals surface area (Å²) in [4.78, 5) is 0. The molecular weight excluding hydrogens is 239 g/mol. The monoisotopic (exact) mass is 256 g/mol. The summed E-state index contributed by atoms with van der Waals surface area (Å²) in [5.41, 5.74) is 0. The maximum atomic E-state index is 9.27. The van der Waals surface area contributed by atoms with Gasteiger partial charge in [-0.3, -0.25) is 0 Å². The Morgan fingerprint density at radius 2 is 2.00 bits per heavy atom. The largest absolute Gasteiger partial charge is 0.393 e. The van der Waals surface area contributed by atoms with Gasteiger partial charge in [-0.05, 0) is 30.1 Å². The second-order valence-electron chi connectivity index (χ2n) is 2.77. The third-order valence-electron chi connectivity index (χ3n) is 1.82. The van der Waals surface area contributed by atoms with Crippen molar-refractivity contribution in [2.45, 2.75) is 39.2 Å². The Bertz CT molecular complexity index is 67.7. The van der Waals surface area contributed by atoms with Crippen LogP contribution in [0.1, 0.15) is 33.1 Å². The van der Waals surface area contributed by atoms with Crippen molar-refractivity contribution < 1.29 is 5.11 Å². The molecule has 0 aliphatic rings. The van der Waals surface area contributed by atoms with Crippen LogP contribution in [0.2, 0.25) is 0 Å². The van der Waals surface area contributed by atoms with Crippen LogP contribution >= 0.6 is 22.6 Å². The quantitative estimate of drug-likeness (QED) is 0.592. The van der Waals surface area contributed by atoms with Gasteiger partial charge < -0.3 is 5.11 Å². The van der Waals surface area contributed by atoms with Gasteiger partial charge in [-0.2, -0.15) is 0 Å². The number of alkyl halides is 1. The summed E-state index contributed by atoms with van der Waals surface area (Å²) in [6.07, 6.45) is 3.40. The predicted octanol–water partition coefficient (Wildman–Crippen LogP) is 2.61. The molecule has 0 aromatic carbocycles. The standard InChI is InChI=1S/C8H17IO/c1-3-4-8(5-6-9)7(2)10/h7-8,10H,3-6H2,1-2H3. The number of hydrogen-bond donors (Lipinski definition) is 1. The number of hydrogen-bond acceptors (Lipinski definition) is 1. The highest BCUT2D eigenvalue weighted by atomic mass is 127. The maximum absolute atomic E-state index is 9.27. The number of halogens is 1. The zero-order valence-electron chi connectivity index (χ0n) is 6.81. The number of aliphatic hydroxyl groups is 1. The second kappa shape index (κ2) is 6.40. The fourth-order valence-electron chi connectivity index (χ4n) is 1.14. The number of rotatable bonds is 5. The van der Waals surface area contributed by atoms with E-state index < -0.39 is 0 Å². The van der Waals surface area contributed by atoms with E-state index in [0.29, 0.717) is 5.92 Å². The van der Waals surface area contributed by atoms with Crippen molar-refractivity contribution in [2.24, 2.45) is 5.92 Å². The van der Waals surface area contributed by atoms with E-state index in [1.165, 1.54) is 12.8 Å². The van der Waals surface area contributed by atoms with Crippen LogP contribution in [0.3, 0.4) is 0 Å². The summed E-state index contributed by atoms with van der Waals surface area (Å²) in [5, 5.41) is 9.27. The van der Waals surface area contributed by atoms with Crippen LogP contribution in [-0.4, -0.2) is 15.6 Å². The van der Waals surface area contributed by atoms with Crippen molar-refractivity contribution in [2.75, 3.05) is 4.43 Å². The Morgan fingerprint density at radius 1 is 1.40 bits per heavy atom. The van der Waals surface area contributed by atoms with Crippen LogP contribution in [0.5, 0.6) is 0 Å². The average Bonchev–Trinajstić information content (AvgIpc) is 1.87. The fraction of sp³-hybridized carbons (Fsp3) is 1.00. The molecule has 0 saturated carbocycles. The van der Waals surface area contributed by atoms with Crippen molar-refractivity contribution >= 4 is 22.6 Å². The minimum absolute atomic E-state index is 0.116. The van der Waals surface area contributed by atoms with Crippen LogP contribution in [0.25, 0.3) is 0 Å². The van der Waals surface area contributed by atoms with Gasteiger partial charge in [-0.15, -0.1) is 0 Å². The lowest BCUT2D eigenvalue weighted by molar-refractivity contribution is 0.118. The molecule has 0 aliphatic carbocycles. The highest BCUT2D eigenvalue weighted by Gasteiger charge is 2.11. The van der Waals surface area contributed by atoms with Gasteiger partial charge in [0.25, 0.3) is 0 Å². The molecule has 2 atom stereocenters. The minimum atomic E-state index is -0.116. The second-order valence-corrected chi connectivity index (χ2v) is 3.85. The third-order valence-corrected chi connectivity index (χ3v) is 2.44. The molecule has 0 rings (SSSR count). The Labute approximate surface area is 77.3 Å². The van der Waals surface area contributed by atoms with E-state index in [4.69, 9.17) is 0 Å². The van der Waals surface area contributed by atoms with Gasteiger partial charge in [0.15, 0.2) is 0 Å². The minimum Gasteiger partial charge on any atom is -0.393 e. The molecule has 1 N–H and O–H groups in total. The molecule has 10 heavy (non-hydrogen) atoms. The lowest BCUT2D eigenvalue weighted by Crippen LogP contribution is -2.16. The molecule has 0 radical (unpaired) electrons. The zero-order chi connectivity index (χ0) is 7.98. The summed E-state index contributed by atoms with van der Waals surface area (Å²) in [6, 6.07) is 0. The third kappa shape index (κ3) is 4.50. The molecule has 0 heterocycles. The van der Waals surface area contributed by atoms with Crippen LogP contribution in [0.15, 0.2) is 0 Å². The van der Waals surface area contributed by atoms with Gasteiger partial charge in [-0.1, -0.05) is 35.9 Å². The first-order valence-corrected chi connectivity index (χ1v) is 5.49. The van der Waals surface area contributed by atoms with E-state index >= 15 is 0 Å². The topological polar surface area (TPSA) is 20.2 Å². The van der Waals surface area contributed by atoms with E-state index in [2.05, 4.69) is 29.5 Å². The molecule has 0 spiro atoms. The summed E-state index contributed by atoms with van der Waals surface area (Å²) < 4.78 is 1.16. The van der Waals surface area contributed by atoms with Crippen LogP contribution < -0.4 is 0 Å². The molecule has 1 nitrogen and oxygen atoms in total. The molecule has 0 aromatic rings. The summed E-state index contributed by atoms with van der Waals surface area (Å²) in [7, 11) is 0. The van der Waals surface area contributed by atoms with E-state index in [9.17, 15) is 5.11 Å². The lowest BCUT2D eigenvalue weighted by Gasteiger charge is -2.17. The highest BCUT2D eigenvalue weighted by molar-refractivity contribution is 14.1. The van der Waals surface area contributed by atoms with Gasteiger partial charge in [0.1, 0.15) is 0 Å². The van der Waals surface area contributed by atoms with E-state index in [1.807, 2.05) is 6.92 Å². The fourth-order valence-corrected chi connectivity index (χ4v) is 1.94. The predicted molar refractivity (Wildman–Crippen MR) is 53.6 cm³/mol. The van der Waals surface area contributed by atoms with Gasteiger partial charge in [-0.25, -0.2) is 0 Å². The molecule has 0 amide bonds. The van der Waals surface area contributed by atoms with Crippen molar-refractivity contribution in [1.82, 2.24) is 0 Å². The number of aliphatic hydroxyl groups excluding tert-OH is 1. The molecule has 0 fully saturated rings. The maximum Gasteiger partial charge on any atom is 0.0540 e. The molecule has 0 bridgehead atoms. The Kier molecular flexibility index (Phi) is 6.85. The summed E-state index contributed by atoms with van der Waals surface area (Å²) in [6.45, 7) is 4.06. The van der Waals surface area contributed by atoms with Crippen molar-refractivity contribution in [1.29, 1.82) is 0 Å². The van der Waals surface area contributed by atoms with Crippen LogP contribution in [-0.2, 0) is 0 Å². The summed E-state index contributed by atoms with van der Waals surface area (Å²) >= 11 is 2.36. The molecular formula is C8H17IO. The molecule has 0 aliphatic heterocycles. The van der Waals surface area contributed by atoms with Gasteiger partial charge in [0, 0.05) is 0 Å². The summed E-state index contributed by atoms with van der Waals surface area (Å²) in [5.74, 6) is 0.530. The lowest BCUT2D eigenvalue weighted by atomic mass is 9.96.